The molecule has 0 aliphatic rings. The number of aliphatic hydroxyl groups excluding tert-OH is 1. The topological polar surface area (TPSA) is 121 Å². The Morgan fingerprint density at radius 2 is 2.50 bits per heavy atom. The van der Waals surface area contributed by atoms with Gasteiger partial charge in [0, 0.05) is 19.9 Å². The molecule has 1 aromatic heterocycles. The molecule has 8 nitrogen and oxygen atoms in total. The molecule has 0 saturated heterocycles. The molecule has 0 bridgehead atoms. The SMILES string of the molecule is COCC(O)CNc1nccc(C#N)c1[N+](=O)[O-]. The fourth-order valence-electron chi connectivity index (χ4n) is 1.32. The summed E-state index contributed by atoms with van der Waals surface area (Å²) in [5.41, 5.74) is -0.483. The molecule has 96 valence electrons. The van der Waals surface area contributed by atoms with E-state index in [1.165, 1.54) is 19.4 Å². The highest BCUT2D eigenvalue weighted by atomic mass is 16.6. The molecular formula is C10H12N4O4. The maximum absolute atomic E-state index is 10.9. The number of nitrogens with one attached hydrogen (secondary N) is 1. The molecule has 1 unspecified atom stereocenters. The molecule has 1 rings (SSSR count). The van der Waals surface area contributed by atoms with E-state index in [0.29, 0.717) is 0 Å². The number of rotatable bonds is 6. The van der Waals surface area contributed by atoms with Gasteiger partial charge in [-0.2, -0.15) is 5.26 Å². The molecular weight excluding hydrogens is 240 g/mol. The molecule has 0 amide bonds. The smallest absolute Gasteiger partial charge is 0.328 e. The zero-order chi connectivity index (χ0) is 13.5. The number of anilines is 1. The van der Waals surface area contributed by atoms with Crippen LogP contribution in [0.5, 0.6) is 0 Å². The van der Waals surface area contributed by atoms with Gasteiger partial charge in [0.2, 0.25) is 5.82 Å². The van der Waals surface area contributed by atoms with E-state index < -0.39 is 16.7 Å². The van der Waals surface area contributed by atoms with Crippen molar-refractivity contribution in [3.05, 3.63) is 27.9 Å². The average molecular weight is 252 g/mol. The molecule has 1 aromatic rings. The summed E-state index contributed by atoms with van der Waals surface area (Å²) in [5.74, 6) is -0.0470. The molecule has 1 atom stereocenters. The first kappa shape index (κ1) is 13.8. The molecule has 0 fully saturated rings. The number of hydrogen-bond donors (Lipinski definition) is 2. The van der Waals surface area contributed by atoms with Crippen LogP contribution in [0.3, 0.4) is 0 Å². The Morgan fingerprint density at radius 1 is 1.78 bits per heavy atom. The molecule has 0 aliphatic heterocycles. The highest BCUT2D eigenvalue weighted by Crippen LogP contribution is 2.25. The first-order valence-electron chi connectivity index (χ1n) is 5.04. The van der Waals surface area contributed by atoms with Gasteiger partial charge in [-0.3, -0.25) is 10.1 Å². The summed E-state index contributed by atoms with van der Waals surface area (Å²) < 4.78 is 4.72. The van der Waals surface area contributed by atoms with Crippen LogP contribution in [0.4, 0.5) is 11.5 Å². The van der Waals surface area contributed by atoms with E-state index in [2.05, 4.69) is 10.3 Å². The van der Waals surface area contributed by atoms with Crippen molar-refractivity contribution in [3.63, 3.8) is 0 Å². The molecule has 0 radical (unpaired) electrons. The minimum absolute atomic E-state index is 0.0383. The molecule has 0 saturated carbocycles. The number of nitriles is 1. The zero-order valence-electron chi connectivity index (χ0n) is 9.66. The van der Waals surface area contributed by atoms with Crippen molar-refractivity contribution in [1.82, 2.24) is 4.98 Å². The second-order valence-electron chi connectivity index (χ2n) is 3.41. The minimum Gasteiger partial charge on any atom is -0.389 e. The minimum atomic E-state index is -0.817. The van der Waals surface area contributed by atoms with Crippen LogP contribution in [0.1, 0.15) is 5.56 Å². The Labute approximate surface area is 103 Å². The summed E-state index contributed by atoms with van der Waals surface area (Å²) in [5, 5.41) is 31.7. The van der Waals surface area contributed by atoms with Crippen LogP contribution in [0, 0.1) is 21.4 Å². The van der Waals surface area contributed by atoms with Crippen LogP contribution in [-0.2, 0) is 4.74 Å². The van der Waals surface area contributed by atoms with Gasteiger partial charge < -0.3 is 15.2 Å². The van der Waals surface area contributed by atoms with Crippen molar-refractivity contribution < 1.29 is 14.8 Å². The van der Waals surface area contributed by atoms with E-state index in [0.717, 1.165) is 0 Å². The van der Waals surface area contributed by atoms with Crippen LogP contribution in [0.2, 0.25) is 0 Å². The largest absolute Gasteiger partial charge is 0.389 e. The van der Waals surface area contributed by atoms with E-state index in [1.807, 2.05) is 0 Å². The van der Waals surface area contributed by atoms with Crippen LogP contribution >= 0.6 is 0 Å². The number of ether oxygens (including phenoxy) is 1. The zero-order valence-corrected chi connectivity index (χ0v) is 9.66. The maximum Gasteiger partial charge on any atom is 0.328 e. The van der Waals surface area contributed by atoms with Crippen molar-refractivity contribution >= 4 is 11.5 Å². The van der Waals surface area contributed by atoms with Crippen molar-refractivity contribution in [2.75, 3.05) is 25.6 Å². The highest BCUT2D eigenvalue weighted by molar-refractivity contribution is 5.64. The van der Waals surface area contributed by atoms with Crippen molar-refractivity contribution in [2.45, 2.75) is 6.10 Å². The molecule has 0 spiro atoms. The molecule has 0 aliphatic carbocycles. The fraction of sp³-hybridized carbons (Fsp3) is 0.400. The van der Waals surface area contributed by atoms with Crippen LogP contribution in [0.15, 0.2) is 12.3 Å². The number of nitro groups is 1. The number of nitrogens with zero attached hydrogens (tertiary/aromatic N) is 3. The first-order chi connectivity index (χ1) is 8.60. The van der Waals surface area contributed by atoms with E-state index >= 15 is 0 Å². The molecule has 8 heteroatoms. The number of aliphatic hydroxyl groups is 1. The Morgan fingerprint density at radius 3 is 3.06 bits per heavy atom. The second-order valence-corrected chi connectivity index (χ2v) is 3.41. The second kappa shape index (κ2) is 6.48. The molecule has 18 heavy (non-hydrogen) atoms. The summed E-state index contributed by atoms with van der Waals surface area (Å²) in [7, 11) is 1.43. The van der Waals surface area contributed by atoms with Crippen LogP contribution in [-0.4, -0.2) is 41.4 Å². The molecule has 0 aromatic carbocycles. The van der Waals surface area contributed by atoms with Gasteiger partial charge >= 0.3 is 5.69 Å². The predicted molar refractivity (Wildman–Crippen MR) is 62.0 cm³/mol. The lowest BCUT2D eigenvalue weighted by atomic mass is 10.2. The van der Waals surface area contributed by atoms with Gasteiger partial charge in [-0.15, -0.1) is 0 Å². The van der Waals surface area contributed by atoms with E-state index in [-0.39, 0.29) is 24.5 Å². The number of methoxy groups -OCH3 is 1. The molecule has 2 N–H and O–H groups in total. The van der Waals surface area contributed by atoms with Crippen LogP contribution < -0.4 is 5.32 Å². The average Bonchev–Trinajstić information content (AvgIpc) is 2.35. The Kier molecular flexibility index (Phi) is 4.98. The Balaban J connectivity index is 2.89. The van der Waals surface area contributed by atoms with Crippen molar-refractivity contribution in [1.29, 1.82) is 5.26 Å². The van der Waals surface area contributed by atoms with Gasteiger partial charge in [0.1, 0.15) is 11.6 Å². The maximum atomic E-state index is 10.9. The Bertz CT molecular complexity index is 471. The van der Waals surface area contributed by atoms with Gasteiger partial charge in [0.05, 0.1) is 17.6 Å². The first-order valence-corrected chi connectivity index (χ1v) is 5.04. The van der Waals surface area contributed by atoms with Crippen LogP contribution in [0.25, 0.3) is 0 Å². The van der Waals surface area contributed by atoms with Gasteiger partial charge in [-0.05, 0) is 6.07 Å². The van der Waals surface area contributed by atoms with Crippen molar-refractivity contribution in [3.8, 4) is 6.07 Å². The monoisotopic (exact) mass is 252 g/mol. The molecule has 1 heterocycles. The van der Waals surface area contributed by atoms with Gasteiger partial charge in [-0.1, -0.05) is 0 Å². The highest BCUT2D eigenvalue weighted by Gasteiger charge is 2.21. The fourth-order valence-corrected chi connectivity index (χ4v) is 1.32. The number of hydrogen-bond acceptors (Lipinski definition) is 7. The third-order valence-electron chi connectivity index (χ3n) is 2.09. The van der Waals surface area contributed by atoms with E-state index in [1.54, 1.807) is 6.07 Å². The summed E-state index contributed by atoms with van der Waals surface area (Å²) in [6.45, 7) is 0.134. The number of aromatic nitrogens is 1. The van der Waals surface area contributed by atoms with Gasteiger partial charge in [0.15, 0.2) is 0 Å². The third kappa shape index (κ3) is 3.38. The third-order valence-corrected chi connectivity index (χ3v) is 2.09. The normalized spacial score (nSPS) is 11.6. The summed E-state index contributed by atoms with van der Waals surface area (Å²) in [6, 6.07) is 2.98. The van der Waals surface area contributed by atoms with Crippen molar-refractivity contribution in [2.24, 2.45) is 0 Å². The van der Waals surface area contributed by atoms with E-state index in [4.69, 9.17) is 10.00 Å². The lowest BCUT2D eigenvalue weighted by Gasteiger charge is -2.11. The van der Waals surface area contributed by atoms with E-state index in [9.17, 15) is 15.2 Å². The Hall–Kier alpha value is -2.24. The predicted octanol–water partition coefficient (Wildman–Crippen LogP) is 0.281. The summed E-state index contributed by atoms with van der Waals surface area (Å²) in [4.78, 5) is 14.0. The van der Waals surface area contributed by atoms with Gasteiger partial charge in [-0.25, -0.2) is 4.98 Å². The summed E-state index contributed by atoms with van der Waals surface area (Å²) in [6.07, 6.45) is 0.471. The lowest BCUT2D eigenvalue weighted by Crippen LogP contribution is -2.24. The quantitative estimate of drug-likeness (QED) is 0.550. The standard InChI is InChI=1S/C10H12N4O4/c1-18-6-8(15)5-13-10-9(14(16)17)7(4-11)2-3-12-10/h2-3,8,15H,5-6H2,1H3,(H,12,13). The van der Waals surface area contributed by atoms with Gasteiger partial charge in [0.25, 0.3) is 0 Å². The summed E-state index contributed by atoms with van der Waals surface area (Å²) >= 11 is 0. The lowest BCUT2D eigenvalue weighted by molar-refractivity contribution is -0.384. The number of pyridine rings is 1.